The third kappa shape index (κ3) is 4.25. The van der Waals surface area contributed by atoms with Crippen molar-refractivity contribution >= 4 is 40.0 Å². The van der Waals surface area contributed by atoms with Crippen LogP contribution in [0.5, 0.6) is 0 Å². The topological polar surface area (TPSA) is 81.7 Å². The van der Waals surface area contributed by atoms with Crippen molar-refractivity contribution in [1.82, 2.24) is 14.3 Å². The van der Waals surface area contributed by atoms with Gasteiger partial charge in [-0.1, -0.05) is 6.07 Å². The SMILES string of the molecule is CN1C(=O)C(c2c(F)cccc2F)N(C)c2nc(Nc3ccc(S(=O)N(C)C4CC4)cc3)ncc21. The molecule has 2 unspecified atom stereocenters. The van der Waals surface area contributed by atoms with Crippen molar-refractivity contribution in [2.24, 2.45) is 0 Å². The first kappa shape index (κ1) is 23.3. The van der Waals surface area contributed by atoms with Gasteiger partial charge in [0.1, 0.15) is 34.3 Å². The summed E-state index contributed by atoms with van der Waals surface area (Å²) < 4.78 is 43.6. The van der Waals surface area contributed by atoms with Gasteiger partial charge in [0, 0.05) is 32.9 Å². The lowest BCUT2D eigenvalue weighted by atomic mass is 10.0. The number of nitrogens with zero attached hydrogens (tertiary/aromatic N) is 5. The van der Waals surface area contributed by atoms with Crippen molar-refractivity contribution in [2.75, 3.05) is 36.3 Å². The van der Waals surface area contributed by atoms with E-state index in [9.17, 15) is 17.8 Å². The average Bonchev–Trinajstić information content (AvgIpc) is 3.70. The van der Waals surface area contributed by atoms with Gasteiger partial charge < -0.3 is 15.1 Å². The van der Waals surface area contributed by atoms with Crippen LogP contribution in [-0.4, -0.2) is 51.6 Å². The number of likely N-dealkylation sites (N-methyl/N-ethyl adjacent to an activating group) is 2. The minimum Gasteiger partial charge on any atom is -0.342 e. The molecular weight excluding hydrogens is 474 g/mol. The third-order valence-corrected chi connectivity index (χ3v) is 7.80. The van der Waals surface area contributed by atoms with Crippen LogP contribution in [0.1, 0.15) is 24.4 Å². The molecule has 0 saturated heterocycles. The van der Waals surface area contributed by atoms with Crippen LogP contribution in [0, 0.1) is 11.6 Å². The van der Waals surface area contributed by atoms with Crippen molar-refractivity contribution in [1.29, 1.82) is 0 Å². The molecule has 8 nitrogen and oxygen atoms in total. The van der Waals surface area contributed by atoms with Crippen molar-refractivity contribution < 1.29 is 17.8 Å². The molecule has 35 heavy (non-hydrogen) atoms. The first-order valence-electron chi connectivity index (χ1n) is 11.1. The van der Waals surface area contributed by atoms with Crippen molar-refractivity contribution in [3.05, 3.63) is 65.9 Å². The van der Waals surface area contributed by atoms with Gasteiger partial charge in [0.25, 0.3) is 5.91 Å². The molecule has 2 heterocycles. The Morgan fingerprint density at radius 1 is 1.09 bits per heavy atom. The van der Waals surface area contributed by atoms with Crippen LogP contribution in [0.3, 0.4) is 0 Å². The molecule has 0 bridgehead atoms. The van der Waals surface area contributed by atoms with Crippen molar-refractivity contribution in [3.8, 4) is 0 Å². The molecular formula is C24H24F2N6O2S. The van der Waals surface area contributed by atoms with E-state index in [-0.39, 0.29) is 11.5 Å². The highest BCUT2D eigenvalue weighted by Crippen LogP contribution is 2.40. The fraction of sp³-hybridized carbons (Fsp3) is 0.292. The molecule has 1 aliphatic carbocycles. The quantitative estimate of drug-likeness (QED) is 0.557. The van der Waals surface area contributed by atoms with Crippen LogP contribution in [0.2, 0.25) is 0 Å². The molecule has 1 aliphatic heterocycles. The van der Waals surface area contributed by atoms with E-state index < -0.39 is 34.6 Å². The van der Waals surface area contributed by atoms with E-state index in [4.69, 9.17) is 0 Å². The standard InChI is InChI=1S/C24H24F2N6O2S/c1-30-19-13-27-24(28-14-7-11-16(12-8-14)35(34)32(3)15-9-10-15)29-22(19)31(2)21(23(30)33)20-17(25)5-4-6-18(20)26/h4-8,11-13,15,21H,9-10H2,1-3H3,(H,27,28,29). The van der Waals surface area contributed by atoms with Crippen LogP contribution in [0.4, 0.5) is 31.9 Å². The predicted octanol–water partition coefficient (Wildman–Crippen LogP) is 3.77. The molecule has 1 fully saturated rings. The summed E-state index contributed by atoms with van der Waals surface area (Å²) in [6.45, 7) is 0. The molecule has 1 saturated carbocycles. The number of hydrogen-bond acceptors (Lipinski definition) is 6. The number of hydrogen-bond donors (Lipinski definition) is 1. The van der Waals surface area contributed by atoms with Crippen molar-refractivity contribution in [3.63, 3.8) is 0 Å². The summed E-state index contributed by atoms with van der Waals surface area (Å²) in [7, 11) is 3.73. The maximum atomic E-state index is 14.5. The molecule has 3 aromatic rings. The Bertz CT molecular complexity index is 1300. The molecule has 2 aromatic carbocycles. The number of nitrogens with one attached hydrogen (secondary N) is 1. The van der Waals surface area contributed by atoms with Gasteiger partial charge in [-0.15, -0.1) is 0 Å². The monoisotopic (exact) mass is 498 g/mol. The highest BCUT2D eigenvalue weighted by atomic mass is 32.2. The second-order valence-corrected chi connectivity index (χ2v) is 10.2. The maximum Gasteiger partial charge on any atom is 0.254 e. The largest absolute Gasteiger partial charge is 0.342 e. The molecule has 182 valence electrons. The normalized spacial score (nSPS) is 18.6. The van der Waals surface area contributed by atoms with Crippen LogP contribution in [0.15, 0.2) is 53.6 Å². The lowest BCUT2D eigenvalue weighted by molar-refractivity contribution is -0.120. The maximum absolute atomic E-state index is 14.5. The number of halogens is 2. The Labute approximate surface area is 204 Å². The molecule has 1 amide bonds. The van der Waals surface area contributed by atoms with Gasteiger partial charge in [0.2, 0.25) is 5.95 Å². The Morgan fingerprint density at radius 3 is 2.37 bits per heavy atom. The lowest BCUT2D eigenvalue weighted by Gasteiger charge is -2.38. The van der Waals surface area contributed by atoms with Gasteiger partial charge in [-0.3, -0.25) is 4.79 Å². The summed E-state index contributed by atoms with van der Waals surface area (Å²) >= 11 is 0. The first-order valence-corrected chi connectivity index (χ1v) is 12.2. The Kier molecular flexibility index (Phi) is 5.97. The van der Waals surface area contributed by atoms with E-state index >= 15 is 0 Å². The van der Waals surface area contributed by atoms with Crippen molar-refractivity contribution in [2.45, 2.75) is 29.8 Å². The van der Waals surface area contributed by atoms with Crippen LogP contribution < -0.4 is 15.1 Å². The molecule has 1 aromatic heterocycles. The summed E-state index contributed by atoms with van der Waals surface area (Å²) in [5.41, 5.74) is 0.773. The van der Waals surface area contributed by atoms with Crippen LogP contribution in [-0.2, 0) is 15.8 Å². The number of carbonyl (C=O) groups excluding carboxylic acids is 1. The summed E-state index contributed by atoms with van der Waals surface area (Å²) in [4.78, 5) is 25.3. The Hall–Kier alpha value is -3.44. The highest BCUT2D eigenvalue weighted by Gasteiger charge is 2.40. The molecule has 11 heteroatoms. The number of benzene rings is 2. The number of anilines is 4. The van der Waals surface area contributed by atoms with Gasteiger partial charge >= 0.3 is 0 Å². The smallest absolute Gasteiger partial charge is 0.254 e. The number of carbonyl (C=O) groups is 1. The summed E-state index contributed by atoms with van der Waals surface area (Å²) in [5.74, 6) is -1.50. The summed E-state index contributed by atoms with van der Waals surface area (Å²) in [6, 6.07) is 9.81. The van der Waals surface area contributed by atoms with E-state index in [1.165, 1.54) is 29.1 Å². The summed E-state index contributed by atoms with van der Waals surface area (Å²) in [6.07, 6.45) is 3.62. The Balaban J connectivity index is 1.41. The minimum atomic E-state index is -1.22. The van der Waals surface area contributed by atoms with E-state index in [1.54, 1.807) is 31.3 Å². The predicted molar refractivity (Wildman–Crippen MR) is 130 cm³/mol. The van der Waals surface area contributed by atoms with E-state index in [0.717, 1.165) is 25.0 Å². The zero-order chi connectivity index (χ0) is 24.9. The number of fused-ring (bicyclic) bond motifs is 1. The number of aromatic nitrogens is 2. The number of amides is 1. The molecule has 1 N–H and O–H groups in total. The van der Waals surface area contributed by atoms with E-state index in [2.05, 4.69) is 15.3 Å². The van der Waals surface area contributed by atoms with Gasteiger partial charge in [0.15, 0.2) is 5.82 Å². The molecule has 0 radical (unpaired) electrons. The van der Waals surface area contributed by atoms with Gasteiger partial charge in [-0.25, -0.2) is 22.3 Å². The van der Waals surface area contributed by atoms with Gasteiger partial charge in [0.05, 0.1) is 16.7 Å². The van der Waals surface area contributed by atoms with Crippen LogP contribution >= 0.6 is 0 Å². The zero-order valence-electron chi connectivity index (χ0n) is 19.4. The lowest BCUT2D eigenvalue weighted by Crippen LogP contribution is -2.46. The highest BCUT2D eigenvalue weighted by molar-refractivity contribution is 7.82. The third-order valence-electron chi connectivity index (χ3n) is 6.31. The van der Waals surface area contributed by atoms with E-state index in [1.807, 2.05) is 11.4 Å². The molecule has 5 rings (SSSR count). The molecule has 0 spiro atoms. The fourth-order valence-electron chi connectivity index (χ4n) is 4.13. The van der Waals surface area contributed by atoms with Gasteiger partial charge in [-0.05, 0) is 49.2 Å². The summed E-state index contributed by atoms with van der Waals surface area (Å²) in [5, 5.41) is 3.10. The second kappa shape index (κ2) is 8.97. The average molecular weight is 499 g/mol. The zero-order valence-corrected chi connectivity index (χ0v) is 20.2. The number of rotatable bonds is 6. The fourth-order valence-corrected chi connectivity index (χ4v) is 5.31. The Morgan fingerprint density at radius 2 is 1.74 bits per heavy atom. The van der Waals surface area contributed by atoms with Gasteiger partial charge in [-0.2, -0.15) is 4.98 Å². The van der Waals surface area contributed by atoms with E-state index in [0.29, 0.717) is 28.1 Å². The van der Waals surface area contributed by atoms with Crippen LogP contribution in [0.25, 0.3) is 0 Å². The minimum absolute atomic E-state index is 0.245. The first-order chi connectivity index (χ1) is 16.8. The molecule has 2 atom stereocenters. The molecule has 2 aliphatic rings. The second-order valence-electron chi connectivity index (χ2n) is 8.62.